The molecule has 3 aromatic carbocycles. The van der Waals surface area contributed by atoms with Crippen LogP contribution in [0.2, 0.25) is 0 Å². The zero-order valence-electron chi connectivity index (χ0n) is 17.5. The molecule has 162 valence electrons. The largest absolute Gasteiger partial charge is 0.340 e. The zero-order chi connectivity index (χ0) is 22.8. The van der Waals surface area contributed by atoms with E-state index in [1.165, 1.54) is 24.5 Å². The van der Waals surface area contributed by atoms with Gasteiger partial charge in [-0.1, -0.05) is 18.7 Å². The maximum Gasteiger partial charge on any atom is 0.247 e. The van der Waals surface area contributed by atoms with E-state index in [1.54, 1.807) is 24.4 Å². The molecule has 2 aromatic heterocycles. The van der Waals surface area contributed by atoms with Crippen LogP contribution >= 0.6 is 0 Å². The summed E-state index contributed by atoms with van der Waals surface area (Å²) in [6.07, 6.45) is 4.47. The summed E-state index contributed by atoms with van der Waals surface area (Å²) in [4.78, 5) is 20.2. The van der Waals surface area contributed by atoms with Gasteiger partial charge in [0.25, 0.3) is 0 Å². The maximum atomic E-state index is 13.5. The Morgan fingerprint density at radius 3 is 2.79 bits per heavy atom. The van der Waals surface area contributed by atoms with Crippen molar-refractivity contribution in [2.75, 3.05) is 10.6 Å². The summed E-state index contributed by atoms with van der Waals surface area (Å²) in [7, 11) is 0. The second kappa shape index (κ2) is 8.51. The fourth-order valence-electron chi connectivity index (χ4n) is 3.66. The van der Waals surface area contributed by atoms with Gasteiger partial charge in [0, 0.05) is 22.1 Å². The number of nitrogens with one attached hydrogen (secondary N) is 2. The van der Waals surface area contributed by atoms with Gasteiger partial charge in [-0.25, -0.2) is 14.4 Å². The van der Waals surface area contributed by atoms with Gasteiger partial charge < -0.3 is 10.6 Å². The maximum absolute atomic E-state index is 13.5. The molecule has 0 fully saturated rings. The van der Waals surface area contributed by atoms with Crippen LogP contribution in [0.25, 0.3) is 21.8 Å². The monoisotopic (exact) mass is 438 g/mol. The highest BCUT2D eigenvalue weighted by Crippen LogP contribution is 2.27. The third kappa shape index (κ3) is 4.27. The Bertz CT molecular complexity index is 1510. The van der Waals surface area contributed by atoms with Crippen molar-refractivity contribution >= 4 is 44.9 Å². The van der Waals surface area contributed by atoms with Gasteiger partial charge >= 0.3 is 0 Å². The van der Waals surface area contributed by atoms with Crippen LogP contribution in [-0.2, 0) is 11.3 Å². The first-order chi connectivity index (χ1) is 16.1. The number of nitrogens with zero attached hydrogens (tertiary/aromatic N) is 4. The summed E-state index contributed by atoms with van der Waals surface area (Å²) in [5.74, 6) is 0.101. The number of aromatic nitrogens is 4. The second-order valence-electron chi connectivity index (χ2n) is 7.48. The molecule has 0 aliphatic rings. The van der Waals surface area contributed by atoms with Crippen molar-refractivity contribution in [2.24, 2.45) is 0 Å². The van der Waals surface area contributed by atoms with Crippen LogP contribution in [0, 0.1) is 5.82 Å². The van der Waals surface area contributed by atoms with Gasteiger partial charge in [-0.15, -0.1) is 0 Å². The van der Waals surface area contributed by atoms with Gasteiger partial charge in [-0.05, 0) is 60.2 Å². The van der Waals surface area contributed by atoms with Gasteiger partial charge in [0.05, 0.1) is 23.8 Å². The van der Waals surface area contributed by atoms with Crippen molar-refractivity contribution in [2.45, 2.75) is 6.54 Å². The normalized spacial score (nSPS) is 10.9. The molecule has 0 bridgehead atoms. The van der Waals surface area contributed by atoms with Crippen molar-refractivity contribution in [1.82, 2.24) is 19.7 Å². The molecule has 2 heterocycles. The first kappa shape index (κ1) is 20.3. The Morgan fingerprint density at radius 1 is 1.06 bits per heavy atom. The van der Waals surface area contributed by atoms with Crippen molar-refractivity contribution in [1.29, 1.82) is 0 Å². The van der Waals surface area contributed by atoms with Crippen molar-refractivity contribution in [3.8, 4) is 0 Å². The molecule has 33 heavy (non-hydrogen) atoms. The molecule has 5 aromatic rings. The van der Waals surface area contributed by atoms with Gasteiger partial charge in [0.15, 0.2) is 0 Å². The molecule has 0 saturated heterocycles. The van der Waals surface area contributed by atoms with Gasteiger partial charge in [0.1, 0.15) is 18.0 Å². The van der Waals surface area contributed by atoms with E-state index in [0.717, 1.165) is 27.5 Å². The van der Waals surface area contributed by atoms with Crippen LogP contribution in [0.1, 0.15) is 5.56 Å². The number of benzene rings is 3. The average molecular weight is 438 g/mol. The molecule has 7 nitrogen and oxygen atoms in total. The molecule has 0 saturated carbocycles. The minimum absolute atomic E-state index is 0.261. The fourth-order valence-corrected chi connectivity index (χ4v) is 3.66. The van der Waals surface area contributed by atoms with E-state index in [1.807, 2.05) is 35.0 Å². The summed E-state index contributed by atoms with van der Waals surface area (Å²) in [6.45, 7) is 3.94. The topological polar surface area (TPSA) is 84.7 Å². The SMILES string of the molecule is C=CC(=O)Nc1ccc2c(Nc3ccc4c(cnn4Cc4cccc(F)c4)c3)ncnc2c1. The summed E-state index contributed by atoms with van der Waals surface area (Å²) >= 11 is 0. The minimum atomic E-state index is -0.284. The zero-order valence-corrected chi connectivity index (χ0v) is 17.5. The standard InChI is InChI=1S/C25H19FN6O/c1-2-24(33)30-20-6-8-21-22(12-20)27-15-28-25(21)31-19-7-9-23-17(11-19)13-29-32(23)14-16-4-3-5-18(26)10-16/h2-13,15H,1,14H2,(H,30,33)(H,27,28,31). The Balaban J connectivity index is 1.41. The third-order valence-electron chi connectivity index (χ3n) is 5.22. The van der Waals surface area contributed by atoms with Crippen molar-refractivity contribution < 1.29 is 9.18 Å². The molecule has 0 radical (unpaired) electrons. The van der Waals surface area contributed by atoms with E-state index in [9.17, 15) is 9.18 Å². The molecule has 8 heteroatoms. The van der Waals surface area contributed by atoms with E-state index in [0.29, 0.717) is 23.6 Å². The number of anilines is 3. The van der Waals surface area contributed by atoms with Gasteiger partial charge in [0.2, 0.25) is 5.91 Å². The van der Waals surface area contributed by atoms with Crippen LogP contribution in [0.15, 0.2) is 85.8 Å². The number of fused-ring (bicyclic) bond motifs is 2. The number of amides is 1. The number of rotatable bonds is 6. The quantitative estimate of drug-likeness (QED) is 0.363. The Labute approximate surface area is 188 Å². The first-order valence-corrected chi connectivity index (χ1v) is 10.2. The van der Waals surface area contributed by atoms with Crippen LogP contribution in [-0.4, -0.2) is 25.7 Å². The number of hydrogen-bond donors (Lipinski definition) is 2. The number of carbonyl (C=O) groups is 1. The molecule has 0 spiro atoms. The summed E-state index contributed by atoms with van der Waals surface area (Å²) in [5, 5.41) is 12.3. The van der Waals surface area contributed by atoms with Crippen LogP contribution < -0.4 is 10.6 Å². The number of halogens is 1. The summed E-state index contributed by atoms with van der Waals surface area (Å²) in [5.41, 5.74) is 3.96. The number of hydrogen-bond acceptors (Lipinski definition) is 5. The average Bonchev–Trinajstić information content (AvgIpc) is 3.21. The second-order valence-corrected chi connectivity index (χ2v) is 7.48. The lowest BCUT2D eigenvalue weighted by Crippen LogP contribution is -2.07. The molecular weight excluding hydrogens is 419 g/mol. The smallest absolute Gasteiger partial charge is 0.247 e. The molecule has 0 aliphatic heterocycles. The molecule has 0 atom stereocenters. The lowest BCUT2D eigenvalue weighted by molar-refractivity contribution is -0.111. The first-order valence-electron chi connectivity index (χ1n) is 10.2. The molecule has 0 aliphatic carbocycles. The lowest BCUT2D eigenvalue weighted by Gasteiger charge is -2.10. The van der Waals surface area contributed by atoms with E-state index in [-0.39, 0.29) is 11.7 Å². The summed E-state index contributed by atoms with van der Waals surface area (Å²) in [6, 6.07) is 17.8. The Hall–Kier alpha value is -4.59. The van der Waals surface area contributed by atoms with E-state index >= 15 is 0 Å². The molecular formula is C25H19FN6O. The third-order valence-corrected chi connectivity index (χ3v) is 5.22. The fraction of sp³-hybridized carbons (Fsp3) is 0.0400. The molecule has 1 amide bonds. The Morgan fingerprint density at radius 2 is 1.94 bits per heavy atom. The van der Waals surface area contributed by atoms with Gasteiger partial charge in [-0.3, -0.25) is 9.48 Å². The van der Waals surface area contributed by atoms with Crippen LogP contribution in [0.5, 0.6) is 0 Å². The van der Waals surface area contributed by atoms with Crippen molar-refractivity contribution in [3.63, 3.8) is 0 Å². The van der Waals surface area contributed by atoms with Gasteiger partial charge in [-0.2, -0.15) is 5.10 Å². The van der Waals surface area contributed by atoms with E-state index in [4.69, 9.17) is 0 Å². The highest BCUT2D eigenvalue weighted by atomic mass is 19.1. The van der Waals surface area contributed by atoms with E-state index < -0.39 is 0 Å². The molecule has 0 unspecified atom stereocenters. The highest BCUT2D eigenvalue weighted by molar-refractivity contribution is 6.01. The van der Waals surface area contributed by atoms with E-state index in [2.05, 4.69) is 32.3 Å². The summed E-state index contributed by atoms with van der Waals surface area (Å²) < 4.78 is 15.3. The highest BCUT2D eigenvalue weighted by Gasteiger charge is 2.09. The molecule has 5 rings (SSSR count). The Kier molecular flexibility index (Phi) is 5.24. The van der Waals surface area contributed by atoms with Crippen molar-refractivity contribution in [3.05, 3.63) is 97.2 Å². The predicted octanol–water partition coefficient (Wildman–Crippen LogP) is 5.04. The molecule has 2 N–H and O–H groups in total. The minimum Gasteiger partial charge on any atom is -0.340 e. The van der Waals surface area contributed by atoms with Crippen LogP contribution in [0.3, 0.4) is 0 Å². The number of carbonyl (C=O) groups excluding carboxylic acids is 1. The predicted molar refractivity (Wildman–Crippen MR) is 127 cm³/mol. The lowest BCUT2D eigenvalue weighted by atomic mass is 10.2. The van der Waals surface area contributed by atoms with Crippen LogP contribution in [0.4, 0.5) is 21.6 Å².